The standard InChI is InChI=1S/C28H32FNO3S/c1-18-12-21-6-8-25(16-23(21)13-18)33-17-24-15-22(7-9-26(24)29)28-19(2)14-27(30-20(28)3)32-10-5-11-34(4)31/h6-9,14-16,18H,5,10-13,17H2,1-4H3. The van der Waals surface area contributed by atoms with E-state index in [0.717, 1.165) is 47.4 Å². The van der Waals surface area contributed by atoms with Crippen LogP contribution in [0.1, 0.15) is 41.3 Å². The van der Waals surface area contributed by atoms with E-state index in [-0.39, 0.29) is 12.4 Å². The highest BCUT2D eigenvalue weighted by Crippen LogP contribution is 2.32. The van der Waals surface area contributed by atoms with E-state index in [1.807, 2.05) is 32.0 Å². The first-order valence-corrected chi connectivity index (χ1v) is 13.5. The van der Waals surface area contributed by atoms with Crippen LogP contribution in [-0.4, -0.2) is 27.8 Å². The highest BCUT2D eigenvalue weighted by atomic mass is 32.2. The smallest absolute Gasteiger partial charge is 0.213 e. The van der Waals surface area contributed by atoms with Crippen molar-refractivity contribution in [3.05, 3.63) is 76.2 Å². The van der Waals surface area contributed by atoms with E-state index in [2.05, 4.69) is 24.0 Å². The van der Waals surface area contributed by atoms with Crippen molar-refractivity contribution in [1.29, 1.82) is 0 Å². The predicted molar refractivity (Wildman–Crippen MR) is 135 cm³/mol. The molecule has 2 unspecified atom stereocenters. The van der Waals surface area contributed by atoms with Crippen molar-refractivity contribution in [3.63, 3.8) is 0 Å². The third-order valence-corrected chi connectivity index (χ3v) is 7.11. The number of ether oxygens (including phenoxy) is 2. The summed E-state index contributed by atoms with van der Waals surface area (Å²) < 4.78 is 37.6. The van der Waals surface area contributed by atoms with Gasteiger partial charge < -0.3 is 9.47 Å². The van der Waals surface area contributed by atoms with E-state index < -0.39 is 10.8 Å². The Morgan fingerprint density at radius 2 is 1.85 bits per heavy atom. The lowest BCUT2D eigenvalue weighted by atomic mass is 9.97. The van der Waals surface area contributed by atoms with Crippen molar-refractivity contribution in [2.75, 3.05) is 18.6 Å². The number of aryl methyl sites for hydroxylation is 2. The average Bonchev–Trinajstić information content (AvgIpc) is 3.15. The zero-order valence-electron chi connectivity index (χ0n) is 20.3. The number of benzene rings is 2. The summed E-state index contributed by atoms with van der Waals surface area (Å²) in [5.41, 5.74) is 6.93. The molecule has 0 bridgehead atoms. The SMILES string of the molecule is Cc1cc(OCCCS(C)=O)nc(C)c1-c1ccc(F)c(COc2ccc3c(c2)CC(C)C3)c1. The highest BCUT2D eigenvalue weighted by molar-refractivity contribution is 7.84. The van der Waals surface area contributed by atoms with Crippen molar-refractivity contribution in [2.24, 2.45) is 5.92 Å². The summed E-state index contributed by atoms with van der Waals surface area (Å²) in [5, 5.41) is 0. The topological polar surface area (TPSA) is 48.4 Å². The molecule has 180 valence electrons. The Morgan fingerprint density at radius 3 is 2.62 bits per heavy atom. The van der Waals surface area contributed by atoms with E-state index in [1.54, 1.807) is 12.3 Å². The Balaban J connectivity index is 1.48. The second-order valence-corrected chi connectivity index (χ2v) is 10.8. The quantitative estimate of drug-likeness (QED) is 0.354. The first-order chi connectivity index (χ1) is 16.3. The molecule has 1 aliphatic carbocycles. The molecule has 0 fully saturated rings. The van der Waals surface area contributed by atoms with Crippen molar-refractivity contribution < 1.29 is 18.1 Å². The number of hydrogen-bond donors (Lipinski definition) is 0. The zero-order valence-corrected chi connectivity index (χ0v) is 21.1. The number of aromatic nitrogens is 1. The van der Waals surface area contributed by atoms with Crippen LogP contribution < -0.4 is 9.47 Å². The van der Waals surface area contributed by atoms with Gasteiger partial charge in [0.05, 0.1) is 6.61 Å². The molecule has 2 aromatic carbocycles. The lowest BCUT2D eigenvalue weighted by Gasteiger charge is -2.15. The molecule has 3 aromatic rings. The summed E-state index contributed by atoms with van der Waals surface area (Å²) in [7, 11) is -0.822. The van der Waals surface area contributed by atoms with Crippen LogP contribution in [0.4, 0.5) is 4.39 Å². The molecule has 1 aliphatic rings. The lowest BCUT2D eigenvalue weighted by Crippen LogP contribution is -2.06. The predicted octanol–water partition coefficient (Wildman–Crippen LogP) is 5.97. The molecule has 2 atom stereocenters. The van der Waals surface area contributed by atoms with Crippen LogP contribution in [0.2, 0.25) is 0 Å². The van der Waals surface area contributed by atoms with Gasteiger partial charge in [0, 0.05) is 45.7 Å². The summed E-state index contributed by atoms with van der Waals surface area (Å²) in [6.45, 7) is 6.84. The molecule has 4 nitrogen and oxygen atoms in total. The number of pyridine rings is 1. The van der Waals surface area contributed by atoms with E-state index >= 15 is 0 Å². The maximum atomic E-state index is 14.6. The Morgan fingerprint density at radius 1 is 1.06 bits per heavy atom. The average molecular weight is 482 g/mol. The van der Waals surface area contributed by atoms with E-state index in [9.17, 15) is 8.60 Å². The fraction of sp³-hybridized carbons (Fsp3) is 0.393. The number of hydrogen-bond acceptors (Lipinski definition) is 4. The van der Waals surface area contributed by atoms with Gasteiger partial charge in [-0.1, -0.05) is 19.1 Å². The maximum absolute atomic E-state index is 14.6. The summed E-state index contributed by atoms with van der Waals surface area (Å²) >= 11 is 0. The molecule has 34 heavy (non-hydrogen) atoms. The van der Waals surface area contributed by atoms with Crippen molar-refractivity contribution in [1.82, 2.24) is 4.98 Å². The third-order valence-electron chi connectivity index (χ3n) is 6.24. The molecule has 1 heterocycles. The molecular formula is C28H32FNO3S. The normalized spacial score (nSPS) is 15.7. The molecule has 0 radical (unpaired) electrons. The minimum atomic E-state index is -0.822. The van der Waals surface area contributed by atoms with Crippen LogP contribution in [0.25, 0.3) is 11.1 Å². The molecular weight excluding hydrogens is 449 g/mol. The molecule has 6 heteroatoms. The van der Waals surface area contributed by atoms with Gasteiger partial charge in [0.1, 0.15) is 18.2 Å². The van der Waals surface area contributed by atoms with Crippen LogP contribution in [0.3, 0.4) is 0 Å². The Kier molecular flexibility index (Phi) is 7.67. The fourth-order valence-corrected chi connectivity index (χ4v) is 5.18. The minimum absolute atomic E-state index is 0.166. The van der Waals surface area contributed by atoms with Crippen molar-refractivity contribution in [2.45, 2.75) is 46.6 Å². The molecule has 0 saturated heterocycles. The van der Waals surface area contributed by atoms with Gasteiger partial charge in [-0.05, 0) is 85.5 Å². The molecule has 0 amide bonds. The van der Waals surface area contributed by atoms with Crippen molar-refractivity contribution in [3.8, 4) is 22.8 Å². The Bertz CT molecular complexity index is 1190. The monoisotopic (exact) mass is 481 g/mol. The van der Waals surface area contributed by atoms with Gasteiger partial charge >= 0.3 is 0 Å². The minimum Gasteiger partial charge on any atom is -0.489 e. The van der Waals surface area contributed by atoms with Crippen LogP contribution in [0.5, 0.6) is 11.6 Å². The first kappa shape index (κ1) is 24.4. The van der Waals surface area contributed by atoms with Gasteiger partial charge in [-0.3, -0.25) is 4.21 Å². The highest BCUT2D eigenvalue weighted by Gasteiger charge is 2.18. The molecule has 0 aliphatic heterocycles. The molecule has 1 aromatic heterocycles. The van der Waals surface area contributed by atoms with Crippen molar-refractivity contribution >= 4 is 10.8 Å². The first-order valence-electron chi connectivity index (χ1n) is 11.7. The summed E-state index contributed by atoms with van der Waals surface area (Å²) in [4.78, 5) is 4.59. The second-order valence-electron chi connectivity index (χ2n) is 9.26. The summed E-state index contributed by atoms with van der Waals surface area (Å²) in [5.74, 6) is 2.33. The van der Waals surface area contributed by atoms with Gasteiger partial charge in [0.25, 0.3) is 0 Å². The van der Waals surface area contributed by atoms with Gasteiger partial charge in [-0.25, -0.2) is 9.37 Å². The second kappa shape index (κ2) is 10.7. The van der Waals surface area contributed by atoms with Gasteiger partial charge in [-0.2, -0.15) is 0 Å². The maximum Gasteiger partial charge on any atom is 0.213 e. The zero-order chi connectivity index (χ0) is 24.2. The number of halogens is 1. The fourth-order valence-electron chi connectivity index (χ4n) is 4.65. The largest absolute Gasteiger partial charge is 0.489 e. The van der Waals surface area contributed by atoms with Gasteiger partial charge in [0.2, 0.25) is 5.88 Å². The Hall–Kier alpha value is -2.73. The Labute approximate surface area is 204 Å². The van der Waals surface area contributed by atoms with Gasteiger partial charge in [-0.15, -0.1) is 0 Å². The third kappa shape index (κ3) is 5.84. The van der Waals surface area contributed by atoms with Crippen LogP contribution >= 0.6 is 0 Å². The van der Waals surface area contributed by atoms with Gasteiger partial charge in [0.15, 0.2) is 0 Å². The summed E-state index contributed by atoms with van der Waals surface area (Å²) in [6.07, 6.45) is 4.59. The number of fused-ring (bicyclic) bond motifs is 1. The van der Waals surface area contributed by atoms with Crippen LogP contribution in [-0.2, 0) is 30.2 Å². The van der Waals surface area contributed by atoms with E-state index in [1.165, 1.54) is 17.2 Å². The van der Waals surface area contributed by atoms with E-state index in [0.29, 0.717) is 29.7 Å². The molecule has 0 saturated carbocycles. The molecule has 0 N–H and O–H groups in total. The van der Waals surface area contributed by atoms with Crippen LogP contribution in [0.15, 0.2) is 42.5 Å². The number of nitrogens with zero attached hydrogens (tertiary/aromatic N) is 1. The lowest BCUT2D eigenvalue weighted by molar-refractivity contribution is 0.299. The summed E-state index contributed by atoms with van der Waals surface area (Å²) in [6, 6.07) is 13.2. The van der Waals surface area contributed by atoms with E-state index in [4.69, 9.17) is 9.47 Å². The molecule has 4 rings (SSSR count). The molecule has 0 spiro atoms. The number of rotatable bonds is 9. The van der Waals surface area contributed by atoms with Crippen LogP contribution in [0, 0.1) is 25.6 Å².